The second-order valence-electron chi connectivity index (χ2n) is 12.4. The van der Waals surface area contributed by atoms with Crippen molar-refractivity contribution in [1.82, 2.24) is 4.98 Å². The fourth-order valence-corrected chi connectivity index (χ4v) is 7.11. The van der Waals surface area contributed by atoms with Crippen LogP contribution in [0.25, 0.3) is 89.4 Å². The average Bonchev–Trinajstić information content (AvgIpc) is 3.15. The Balaban J connectivity index is 1.24. The third-order valence-corrected chi connectivity index (χ3v) is 9.44. The van der Waals surface area contributed by atoms with Crippen LogP contribution in [0.15, 0.2) is 164 Å². The lowest BCUT2D eigenvalue weighted by Gasteiger charge is -2.11. The molecule has 0 saturated heterocycles. The van der Waals surface area contributed by atoms with E-state index < -0.39 is 0 Å². The molecule has 0 fully saturated rings. The Kier molecular flexibility index (Phi) is 6.87. The van der Waals surface area contributed by atoms with E-state index >= 15 is 0 Å². The molecule has 224 valence electrons. The number of fused-ring (bicyclic) bond motifs is 5. The highest BCUT2D eigenvalue weighted by Crippen LogP contribution is 2.33. The third-order valence-electron chi connectivity index (χ3n) is 9.44. The summed E-state index contributed by atoms with van der Waals surface area (Å²) >= 11 is 0. The van der Waals surface area contributed by atoms with E-state index in [0.717, 1.165) is 27.7 Å². The van der Waals surface area contributed by atoms with Gasteiger partial charge in [0, 0.05) is 5.39 Å². The minimum Gasteiger partial charge on any atom is -0.248 e. The fraction of sp³-hybridized carbons (Fsp3) is 0. The highest BCUT2D eigenvalue weighted by atomic mass is 14.7. The van der Waals surface area contributed by atoms with Crippen molar-refractivity contribution in [3.63, 3.8) is 0 Å². The van der Waals surface area contributed by atoms with Crippen LogP contribution in [0.4, 0.5) is 0 Å². The van der Waals surface area contributed by atoms with E-state index in [1.165, 1.54) is 59.8 Å². The molecule has 0 radical (unpaired) electrons. The molecule has 0 aliphatic rings. The van der Waals surface area contributed by atoms with Crippen LogP contribution in [-0.2, 0) is 0 Å². The Labute approximate surface area is 279 Å². The van der Waals surface area contributed by atoms with Gasteiger partial charge in [-0.1, -0.05) is 158 Å². The van der Waals surface area contributed by atoms with Gasteiger partial charge in [-0.25, -0.2) is 4.98 Å². The van der Waals surface area contributed by atoms with Crippen molar-refractivity contribution >= 4 is 78.3 Å². The van der Waals surface area contributed by atoms with Crippen LogP contribution in [0, 0.1) is 0 Å². The first-order valence-corrected chi connectivity index (χ1v) is 16.5. The smallest absolute Gasteiger partial charge is 0.0721 e. The molecule has 1 heteroatoms. The van der Waals surface area contributed by atoms with E-state index in [9.17, 15) is 0 Å². The molecule has 1 heterocycles. The number of hydrogen-bond donors (Lipinski definition) is 0. The molecule has 1 aromatic heterocycles. The van der Waals surface area contributed by atoms with Crippen molar-refractivity contribution in [1.29, 1.82) is 0 Å². The molecule has 0 amide bonds. The van der Waals surface area contributed by atoms with Crippen LogP contribution in [0.5, 0.6) is 0 Å². The van der Waals surface area contributed by atoms with E-state index in [-0.39, 0.29) is 0 Å². The number of benzene rings is 8. The summed E-state index contributed by atoms with van der Waals surface area (Å²) in [6, 6.07) is 58.6. The van der Waals surface area contributed by atoms with Gasteiger partial charge in [-0.3, -0.25) is 0 Å². The van der Waals surface area contributed by atoms with Crippen LogP contribution in [0.3, 0.4) is 0 Å². The van der Waals surface area contributed by atoms with Crippen LogP contribution < -0.4 is 0 Å². The first kappa shape index (κ1) is 28.0. The lowest BCUT2D eigenvalue weighted by Crippen LogP contribution is -1.90. The highest BCUT2D eigenvalue weighted by Gasteiger charge is 2.10. The molecule has 8 aromatic carbocycles. The summed E-state index contributed by atoms with van der Waals surface area (Å²) in [7, 11) is 0. The zero-order valence-corrected chi connectivity index (χ0v) is 26.3. The molecule has 0 unspecified atom stereocenters. The summed E-state index contributed by atoms with van der Waals surface area (Å²) in [6.07, 6.45) is 8.97. The minimum absolute atomic E-state index is 0.923. The maximum absolute atomic E-state index is 5.23. The zero-order valence-electron chi connectivity index (χ0n) is 26.3. The van der Waals surface area contributed by atoms with Crippen molar-refractivity contribution in [3.8, 4) is 11.1 Å². The van der Waals surface area contributed by atoms with Crippen LogP contribution in [-0.4, -0.2) is 4.98 Å². The van der Waals surface area contributed by atoms with Gasteiger partial charge in [0.25, 0.3) is 0 Å². The van der Waals surface area contributed by atoms with Gasteiger partial charge in [0.15, 0.2) is 0 Å². The molecule has 9 rings (SSSR count). The van der Waals surface area contributed by atoms with E-state index in [2.05, 4.69) is 188 Å². The summed E-state index contributed by atoms with van der Waals surface area (Å²) in [6.45, 7) is 0. The van der Waals surface area contributed by atoms with Crippen molar-refractivity contribution in [3.05, 3.63) is 186 Å². The Bertz CT molecular complexity index is 2610. The Morgan fingerprint density at radius 1 is 0.333 bits per heavy atom. The highest BCUT2D eigenvalue weighted by molar-refractivity contribution is 6.10. The molecule has 0 bridgehead atoms. The molecular weight excluding hydrogens is 579 g/mol. The second kappa shape index (κ2) is 11.8. The number of aromatic nitrogens is 1. The van der Waals surface area contributed by atoms with Gasteiger partial charge in [0.2, 0.25) is 0 Å². The number of hydrogen-bond acceptors (Lipinski definition) is 1. The quantitative estimate of drug-likeness (QED) is 0.177. The van der Waals surface area contributed by atoms with Gasteiger partial charge in [-0.2, -0.15) is 0 Å². The first-order chi connectivity index (χ1) is 23.8. The van der Waals surface area contributed by atoms with Gasteiger partial charge in [0.1, 0.15) is 0 Å². The topological polar surface area (TPSA) is 12.9 Å². The molecule has 9 aromatic rings. The Morgan fingerprint density at radius 2 is 0.812 bits per heavy atom. The molecule has 1 nitrogen and oxygen atoms in total. The van der Waals surface area contributed by atoms with Crippen molar-refractivity contribution < 1.29 is 0 Å². The normalized spacial score (nSPS) is 12.0. The molecular formula is C47H31N. The predicted octanol–water partition coefficient (Wildman–Crippen LogP) is 12.9. The maximum atomic E-state index is 5.23. The number of pyridine rings is 1. The summed E-state index contributed by atoms with van der Waals surface area (Å²) in [5.41, 5.74) is 7.82. The first-order valence-electron chi connectivity index (χ1n) is 16.5. The Morgan fingerprint density at radius 3 is 1.35 bits per heavy atom. The average molecular weight is 610 g/mol. The van der Waals surface area contributed by atoms with Crippen molar-refractivity contribution in [2.45, 2.75) is 0 Å². The van der Waals surface area contributed by atoms with E-state index in [4.69, 9.17) is 4.98 Å². The fourth-order valence-electron chi connectivity index (χ4n) is 7.11. The van der Waals surface area contributed by atoms with Crippen molar-refractivity contribution in [2.75, 3.05) is 0 Å². The molecule has 0 saturated carbocycles. The molecule has 0 aliphatic carbocycles. The third kappa shape index (κ3) is 5.03. The van der Waals surface area contributed by atoms with Gasteiger partial charge >= 0.3 is 0 Å². The molecule has 0 atom stereocenters. The molecule has 0 spiro atoms. The summed E-state index contributed by atoms with van der Waals surface area (Å²) < 4.78 is 0. The van der Waals surface area contributed by atoms with Gasteiger partial charge in [0.05, 0.1) is 11.2 Å². The Hall–Kier alpha value is -6.31. The van der Waals surface area contributed by atoms with Crippen molar-refractivity contribution in [2.24, 2.45) is 0 Å². The van der Waals surface area contributed by atoms with Crippen LogP contribution in [0.2, 0.25) is 0 Å². The van der Waals surface area contributed by atoms with E-state index in [0.29, 0.717) is 0 Å². The second-order valence-corrected chi connectivity index (χ2v) is 12.4. The lowest BCUT2D eigenvalue weighted by atomic mass is 9.95. The molecule has 0 aliphatic heterocycles. The summed E-state index contributed by atoms with van der Waals surface area (Å²) in [5, 5.41) is 11.1. The van der Waals surface area contributed by atoms with Crippen LogP contribution >= 0.6 is 0 Å². The van der Waals surface area contributed by atoms with Gasteiger partial charge < -0.3 is 0 Å². The molecule has 0 N–H and O–H groups in total. The standard InChI is InChI=1S/C47H31N/c1-2-12-32(13-3-1)33-22-25-44-38(23-26-45-40-18-8-4-14-34(40)28-35-15-5-9-19-41(35)45)30-39(48-47(44)31-33)24-27-46-42-20-10-6-16-36(42)29-37-17-7-11-21-43(37)46/h1-31H/b26-23+,27-24+. The van der Waals surface area contributed by atoms with Gasteiger partial charge in [-0.05, 0) is 101 Å². The SMILES string of the molecule is C(=C\c1c2ccccc2cc2ccccc12)/c1cc(/C=C/c2c3ccccc3cc3ccccc23)c2ccc(-c3ccccc3)cc2n1. The van der Waals surface area contributed by atoms with E-state index in [1.807, 2.05) is 0 Å². The lowest BCUT2D eigenvalue weighted by molar-refractivity contribution is 1.37. The number of nitrogens with zero attached hydrogens (tertiary/aromatic N) is 1. The number of rotatable bonds is 5. The summed E-state index contributed by atoms with van der Waals surface area (Å²) in [4.78, 5) is 5.23. The monoisotopic (exact) mass is 609 g/mol. The minimum atomic E-state index is 0.923. The molecule has 48 heavy (non-hydrogen) atoms. The van der Waals surface area contributed by atoms with Gasteiger partial charge in [-0.15, -0.1) is 0 Å². The zero-order chi connectivity index (χ0) is 31.9. The van der Waals surface area contributed by atoms with Crippen LogP contribution in [0.1, 0.15) is 22.4 Å². The van der Waals surface area contributed by atoms with E-state index in [1.54, 1.807) is 0 Å². The summed E-state index contributed by atoms with van der Waals surface area (Å²) in [5.74, 6) is 0. The maximum Gasteiger partial charge on any atom is 0.0721 e. The predicted molar refractivity (Wildman–Crippen MR) is 208 cm³/mol. The largest absolute Gasteiger partial charge is 0.248 e.